The summed E-state index contributed by atoms with van der Waals surface area (Å²) in [6.07, 6.45) is -4.70. The fourth-order valence-electron chi connectivity index (χ4n) is 3.83. The van der Waals surface area contributed by atoms with Gasteiger partial charge in [0.25, 0.3) is 10.0 Å². The van der Waals surface area contributed by atoms with Crippen LogP contribution < -0.4 is 14.9 Å². The number of hydrogen-bond acceptors (Lipinski definition) is 7. The Labute approximate surface area is 205 Å². The second kappa shape index (κ2) is 9.74. The molecular weight excluding hydrogens is 499 g/mol. The van der Waals surface area contributed by atoms with Crippen LogP contribution >= 0.6 is 0 Å². The van der Waals surface area contributed by atoms with Crippen LogP contribution in [-0.2, 0) is 21.0 Å². The molecule has 1 saturated heterocycles. The van der Waals surface area contributed by atoms with Gasteiger partial charge in [0, 0.05) is 25.2 Å². The lowest BCUT2D eigenvalue weighted by Crippen LogP contribution is -2.54. The van der Waals surface area contributed by atoms with Crippen LogP contribution in [0.5, 0.6) is 0 Å². The van der Waals surface area contributed by atoms with Crippen LogP contribution in [0.15, 0.2) is 59.6 Å². The number of carboxylic acid groups (broad SMARTS) is 1. The molecule has 4 rings (SSSR count). The first-order chi connectivity index (χ1) is 17.0. The second-order valence-corrected chi connectivity index (χ2v) is 9.77. The Bertz CT molecular complexity index is 1400. The van der Waals surface area contributed by atoms with Gasteiger partial charge in [-0.2, -0.15) is 21.6 Å². The maximum absolute atomic E-state index is 13.7. The van der Waals surface area contributed by atoms with Crippen molar-refractivity contribution in [1.29, 1.82) is 0 Å². The van der Waals surface area contributed by atoms with Crippen LogP contribution in [0.25, 0.3) is 11.3 Å². The van der Waals surface area contributed by atoms with Crippen molar-refractivity contribution in [3.63, 3.8) is 0 Å². The highest BCUT2D eigenvalue weighted by Gasteiger charge is 2.35. The number of carboxylic acids is 1. The number of benzene rings is 1. The fourth-order valence-corrected chi connectivity index (χ4v) is 4.80. The van der Waals surface area contributed by atoms with Crippen molar-refractivity contribution in [2.24, 2.45) is 0 Å². The fraction of sp³-hybridized carbons (Fsp3) is 0.261. The summed E-state index contributed by atoms with van der Waals surface area (Å²) in [7, 11) is -4.33. The number of nitrogens with zero attached hydrogens (tertiary/aromatic N) is 3. The van der Waals surface area contributed by atoms with Gasteiger partial charge in [-0.05, 0) is 36.8 Å². The maximum Gasteiger partial charge on any atom is 0.418 e. The Morgan fingerprint density at radius 3 is 2.56 bits per heavy atom. The first-order valence-corrected chi connectivity index (χ1v) is 12.3. The Kier molecular flexibility index (Phi) is 6.87. The van der Waals surface area contributed by atoms with Crippen LogP contribution in [0.4, 0.5) is 24.8 Å². The highest BCUT2D eigenvalue weighted by molar-refractivity contribution is 7.92. The van der Waals surface area contributed by atoms with Gasteiger partial charge in [0.15, 0.2) is 5.03 Å². The Morgan fingerprint density at radius 1 is 1.11 bits per heavy atom. The number of nitrogens with one attached hydrogen (secondary N) is 2. The number of aromatic nitrogens is 2. The number of aliphatic carboxylic acids is 1. The zero-order chi connectivity index (χ0) is 26.1. The topological polar surface area (TPSA) is 125 Å². The number of rotatable bonds is 6. The van der Waals surface area contributed by atoms with Crippen molar-refractivity contribution in [3.8, 4) is 11.3 Å². The van der Waals surface area contributed by atoms with Gasteiger partial charge in [-0.1, -0.05) is 30.3 Å². The van der Waals surface area contributed by atoms with E-state index in [0.717, 1.165) is 12.1 Å². The normalized spacial score (nSPS) is 16.6. The summed E-state index contributed by atoms with van der Waals surface area (Å²) in [5.41, 5.74) is -0.632. The van der Waals surface area contributed by atoms with Crippen LogP contribution in [0.2, 0.25) is 0 Å². The highest BCUT2D eigenvalue weighted by atomic mass is 32.2. The van der Waals surface area contributed by atoms with Gasteiger partial charge in [-0.25, -0.2) is 9.97 Å². The van der Waals surface area contributed by atoms with Crippen molar-refractivity contribution in [3.05, 3.63) is 65.7 Å². The summed E-state index contributed by atoms with van der Waals surface area (Å²) >= 11 is 0. The molecule has 0 saturated carbocycles. The number of alkyl halides is 3. The summed E-state index contributed by atoms with van der Waals surface area (Å²) in [5.74, 6) is -1.09. The zero-order valence-electron chi connectivity index (χ0n) is 19.0. The molecule has 0 bridgehead atoms. The average molecular weight is 522 g/mol. The van der Waals surface area contributed by atoms with E-state index in [1.807, 2.05) is 0 Å². The van der Waals surface area contributed by atoms with Crippen molar-refractivity contribution >= 4 is 27.6 Å². The van der Waals surface area contributed by atoms with Crippen molar-refractivity contribution in [1.82, 2.24) is 15.3 Å². The van der Waals surface area contributed by atoms with Crippen molar-refractivity contribution in [2.45, 2.75) is 24.2 Å². The lowest BCUT2D eigenvalue weighted by molar-refractivity contribution is -0.139. The monoisotopic (exact) mass is 521 g/mol. The standard InChI is InChI=1S/C23H22F3N5O4S/c1-14-5-2-3-6-15(14)21-16(23(24,25)26)9-10-18(28-21)30-36(34,35)20-8-4-7-19(29-20)31-12-11-27-17(13-31)22(32)33/h2-10,17,27H,11-13H2,1H3,(H,28,30)(H,32,33). The lowest BCUT2D eigenvalue weighted by Gasteiger charge is -2.32. The summed E-state index contributed by atoms with van der Waals surface area (Å²) in [6.45, 7) is 2.49. The molecule has 1 aliphatic rings. The Balaban J connectivity index is 1.66. The van der Waals surface area contributed by atoms with E-state index in [4.69, 9.17) is 0 Å². The first kappa shape index (κ1) is 25.4. The second-order valence-electron chi connectivity index (χ2n) is 8.14. The quantitative estimate of drug-likeness (QED) is 0.452. The molecule has 0 spiro atoms. The molecule has 9 nitrogen and oxygen atoms in total. The molecular formula is C23H22F3N5O4S. The number of halogens is 3. The van der Waals surface area contributed by atoms with E-state index >= 15 is 0 Å². The van der Waals surface area contributed by atoms with Crippen LogP contribution in [0.3, 0.4) is 0 Å². The number of anilines is 2. The smallest absolute Gasteiger partial charge is 0.418 e. The van der Waals surface area contributed by atoms with Crippen molar-refractivity contribution < 1.29 is 31.5 Å². The number of hydrogen-bond donors (Lipinski definition) is 3. The zero-order valence-corrected chi connectivity index (χ0v) is 19.8. The molecule has 3 heterocycles. The Morgan fingerprint density at radius 2 is 1.86 bits per heavy atom. The van der Waals surface area contributed by atoms with Gasteiger partial charge in [-0.3, -0.25) is 9.52 Å². The third-order valence-corrected chi connectivity index (χ3v) is 6.88. The molecule has 1 unspecified atom stereocenters. The van der Waals surface area contributed by atoms with E-state index in [9.17, 15) is 31.5 Å². The summed E-state index contributed by atoms with van der Waals surface area (Å²) in [4.78, 5) is 21.1. The summed E-state index contributed by atoms with van der Waals surface area (Å²) in [6, 6.07) is 11.5. The van der Waals surface area contributed by atoms with Gasteiger partial charge < -0.3 is 15.3 Å². The molecule has 190 valence electrons. The summed E-state index contributed by atoms with van der Waals surface area (Å²) in [5, 5.41) is 11.7. The average Bonchev–Trinajstić information content (AvgIpc) is 2.83. The molecule has 13 heteroatoms. The molecule has 1 fully saturated rings. The van der Waals surface area contributed by atoms with E-state index in [1.54, 1.807) is 36.1 Å². The maximum atomic E-state index is 13.7. The SMILES string of the molecule is Cc1ccccc1-c1nc(NS(=O)(=O)c2cccc(N3CCNC(C(=O)O)C3)n2)ccc1C(F)(F)F. The molecule has 0 amide bonds. The molecule has 1 atom stereocenters. The molecule has 36 heavy (non-hydrogen) atoms. The number of carbonyl (C=O) groups is 1. The third-order valence-electron chi connectivity index (χ3n) is 5.62. The van der Waals surface area contributed by atoms with Crippen LogP contribution in [-0.4, -0.2) is 55.1 Å². The predicted octanol–water partition coefficient (Wildman–Crippen LogP) is 3.13. The third kappa shape index (κ3) is 5.41. The summed E-state index contributed by atoms with van der Waals surface area (Å²) < 4.78 is 69.3. The molecule has 0 radical (unpaired) electrons. The lowest BCUT2D eigenvalue weighted by atomic mass is 10.0. The number of pyridine rings is 2. The van der Waals surface area contributed by atoms with Gasteiger partial charge in [0.2, 0.25) is 0 Å². The molecule has 1 aromatic carbocycles. The van der Waals surface area contributed by atoms with E-state index in [1.165, 1.54) is 18.2 Å². The number of sulfonamides is 1. The van der Waals surface area contributed by atoms with E-state index in [2.05, 4.69) is 20.0 Å². The molecule has 2 aromatic heterocycles. The minimum absolute atomic E-state index is 0.0828. The van der Waals surface area contributed by atoms with Crippen LogP contribution in [0.1, 0.15) is 11.1 Å². The minimum Gasteiger partial charge on any atom is -0.480 e. The molecule has 0 aliphatic carbocycles. The first-order valence-electron chi connectivity index (χ1n) is 10.8. The number of piperazine rings is 1. The predicted molar refractivity (Wildman–Crippen MR) is 126 cm³/mol. The van der Waals surface area contributed by atoms with Gasteiger partial charge in [0.05, 0.1) is 11.3 Å². The highest BCUT2D eigenvalue weighted by Crippen LogP contribution is 2.38. The number of aryl methyl sites for hydroxylation is 1. The largest absolute Gasteiger partial charge is 0.480 e. The van der Waals surface area contributed by atoms with Gasteiger partial charge >= 0.3 is 12.1 Å². The molecule has 3 aromatic rings. The van der Waals surface area contributed by atoms with Gasteiger partial charge in [0.1, 0.15) is 17.7 Å². The minimum atomic E-state index is -4.70. The Hall–Kier alpha value is -3.71. The van der Waals surface area contributed by atoms with Crippen molar-refractivity contribution in [2.75, 3.05) is 29.3 Å². The molecule has 1 aliphatic heterocycles. The van der Waals surface area contributed by atoms with Gasteiger partial charge in [-0.15, -0.1) is 0 Å². The van der Waals surface area contributed by atoms with Crippen LogP contribution in [0, 0.1) is 6.92 Å². The van der Waals surface area contributed by atoms with E-state index < -0.39 is 39.5 Å². The van der Waals surface area contributed by atoms with E-state index in [0.29, 0.717) is 18.7 Å². The molecule has 3 N–H and O–H groups in total. The van der Waals surface area contributed by atoms with E-state index in [-0.39, 0.29) is 28.8 Å².